The van der Waals surface area contributed by atoms with Crippen LogP contribution in [0, 0.1) is 10.1 Å². The van der Waals surface area contributed by atoms with E-state index in [0.717, 1.165) is 11.6 Å². The minimum absolute atomic E-state index is 0.138. The van der Waals surface area contributed by atoms with Crippen molar-refractivity contribution in [2.75, 3.05) is 7.11 Å². The summed E-state index contributed by atoms with van der Waals surface area (Å²) in [6.07, 6.45) is 2.62. The minimum Gasteiger partial charge on any atom is -0.496 e. The van der Waals surface area contributed by atoms with Crippen LogP contribution in [-0.2, 0) is 0 Å². The number of pyridine rings is 1. The normalized spacial score (nSPS) is 11.3. The Bertz CT molecular complexity index is 1980. The number of hydrogen-bond donors (Lipinski definition) is 0. The van der Waals surface area contributed by atoms with Gasteiger partial charge in [-0.15, -0.1) is 0 Å². The van der Waals surface area contributed by atoms with Crippen LogP contribution in [0.1, 0.15) is 5.56 Å². The van der Waals surface area contributed by atoms with Gasteiger partial charge in [0.15, 0.2) is 5.76 Å². The second-order valence-corrected chi connectivity index (χ2v) is 8.58. The van der Waals surface area contributed by atoms with Crippen molar-refractivity contribution >= 4 is 33.8 Å². The zero-order valence-corrected chi connectivity index (χ0v) is 20.9. The van der Waals surface area contributed by atoms with Crippen molar-refractivity contribution in [1.29, 1.82) is 0 Å². The highest BCUT2D eigenvalue weighted by molar-refractivity contribution is 5.88. The molecule has 0 bridgehead atoms. The molecule has 3 aromatic heterocycles. The Morgan fingerprint density at radius 1 is 1.00 bits per heavy atom. The van der Waals surface area contributed by atoms with Crippen LogP contribution in [0.5, 0.6) is 17.4 Å². The first-order chi connectivity index (χ1) is 19.5. The largest absolute Gasteiger partial charge is 0.496 e. The summed E-state index contributed by atoms with van der Waals surface area (Å²) in [7, 11) is 1.57. The Morgan fingerprint density at radius 3 is 2.65 bits per heavy atom. The first-order valence-corrected chi connectivity index (χ1v) is 12.0. The van der Waals surface area contributed by atoms with Crippen LogP contribution < -0.4 is 15.0 Å². The molecule has 3 aromatic carbocycles. The summed E-state index contributed by atoms with van der Waals surface area (Å²) in [5.41, 5.74) is 1.20. The van der Waals surface area contributed by atoms with E-state index in [0.29, 0.717) is 39.3 Å². The maximum absolute atomic E-state index is 13.5. The molecule has 0 saturated heterocycles. The molecule has 0 aliphatic carbocycles. The third-order valence-corrected chi connectivity index (χ3v) is 6.05. The summed E-state index contributed by atoms with van der Waals surface area (Å²) in [4.78, 5) is 32.5. The van der Waals surface area contributed by atoms with Gasteiger partial charge in [-0.1, -0.05) is 30.3 Å². The number of aromatic nitrogens is 3. The van der Waals surface area contributed by atoms with E-state index in [1.165, 1.54) is 23.0 Å². The van der Waals surface area contributed by atoms with Crippen molar-refractivity contribution in [2.24, 2.45) is 5.10 Å². The molecule has 0 fully saturated rings. The Balaban J connectivity index is 1.39. The average Bonchev–Trinajstić information content (AvgIpc) is 3.42. The van der Waals surface area contributed by atoms with E-state index in [9.17, 15) is 14.9 Å². The van der Waals surface area contributed by atoms with E-state index < -0.39 is 4.92 Å². The zero-order valence-electron chi connectivity index (χ0n) is 20.9. The smallest absolute Gasteiger partial charge is 0.287 e. The lowest BCUT2D eigenvalue weighted by molar-refractivity contribution is -0.385. The molecule has 40 heavy (non-hydrogen) atoms. The fourth-order valence-corrected chi connectivity index (χ4v) is 4.16. The maximum Gasteiger partial charge on any atom is 0.287 e. The number of rotatable bonds is 7. The van der Waals surface area contributed by atoms with E-state index in [-0.39, 0.29) is 23.0 Å². The first-order valence-electron chi connectivity index (χ1n) is 12.0. The van der Waals surface area contributed by atoms with E-state index in [1.54, 1.807) is 67.8 Å². The second-order valence-electron chi connectivity index (χ2n) is 8.58. The van der Waals surface area contributed by atoms with Gasteiger partial charge in [0.2, 0.25) is 11.7 Å². The topological polar surface area (TPSA) is 135 Å². The van der Waals surface area contributed by atoms with Gasteiger partial charge >= 0.3 is 0 Å². The maximum atomic E-state index is 13.5. The summed E-state index contributed by atoms with van der Waals surface area (Å²) < 4.78 is 18.4. The van der Waals surface area contributed by atoms with Gasteiger partial charge < -0.3 is 13.9 Å². The lowest BCUT2D eigenvalue weighted by Crippen LogP contribution is -2.20. The van der Waals surface area contributed by atoms with Crippen LogP contribution in [0.4, 0.5) is 5.69 Å². The summed E-state index contributed by atoms with van der Waals surface area (Å²) in [5.74, 6) is 1.82. The molecule has 6 rings (SSSR count). The van der Waals surface area contributed by atoms with Crippen molar-refractivity contribution in [2.45, 2.75) is 0 Å². The molecule has 6 aromatic rings. The van der Waals surface area contributed by atoms with E-state index in [4.69, 9.17) is 18.9 Å². The standard InChI is InChI=1S/C29H19N5O6/c1-38-24-10-5-11-25-22(24)15-26(40-25)28-32-23-9-3-2-8-21(23)29(35)33(28)31-16-18-6-4-7-20(14-18)39-27-13-12-19(17-30-27)34(36)37/h2-17H,1H3. The Hall–Kier alpha value is -5.84. The number of nitro groups is 1. The van der Waals surface area contributed by atoms with Gasteiger partial charge in [-0.3, -0.25) is 14.9 Å². The number of benzene rings is 3. The predicted octanol–water partition coefficient (Wildman–Crippen LogP) is 5.80. The number of nitrogens with zero attached hydrogens (tertiary/aromatic N) is 5. The molecule has 3 heterocycles. The Kier molecular flexibility index (Phi) is 6.21. The molecule has 0 saturated carbocycles. The SMILES string of the molecule is COc1cccc2oc(-c3nc4ccccc4c(=O)n3N=Cc3cccc(Oc4ccc([N+](=O)[O-])cn4)c3)cc12. The van der Waals surface area contributed by atoms with Crippen molar-refractivity contribution in [3.63, 3.8) is 0 Å². The molecule has 0 radical (unpaired) electrons. The third-order valence-electron chi connectivity index (χ3n) is 6.05. The number of fused-ring (bicyclic) bond motifs is 2. The van der Waals surface area contributed by atoms with Crippen molar-refractivity contribution in [3.8, 4) is 29.0 Å². The zero-order chi connectivity index (χ0) is 27.6. The van der Waals surface area contributed by atoms with Gasteiger partial charge in [-0.25, -0.2) is 9.97 Å². The third kappa shape index (κ3) is 4.63. The summed E-state index contributed by atoms with van der Waals surface area (Å²) >= 11 is 0. The summed E-state index contributed by atoms with van der Waals surface area (Å²) in [6, 6.07) is 23.9. The van der Waals surface area contributed by atoms with E-state index in [2.05, 4.69) is 10.1 Å². The fraction of sp³-hybridized carbons (Fsp3) is 0.0345. The van der Waals surface area contributed by atoms with Gasteiger partial charge in [0.1, 0.15) is 23.3 Å². The molecule has 196 valence electrons. The average molecular weight is 534 g/mol. The van der Waals surface area contributed by atoms with Crippen molar-refractivity contribution < 1.29 is 18.8 Å². The van der Waals surface area contributed by atoms with Crippen LogP contribution in [0.3, 0.4) is 0 Å². The van der Waals surface area contributed by atoms with Gasteiger partial charge in [0.25, 0.3) is 11.2 Å². The number of hydrogen-bond acceptors (Lipinski definition) is 9. The highest BCUT2D eigenvalue weighted by Gasteiger charge is 2.18. The van der Waals surface area contributed by atoms with Crippen molar-refractivity contribution in [3.05, 3.63) is 117 Å². The predicted molar refractivity (Wildman–Crippen MR) is 148 cm³/mol. The van der Waals surface area contributed by atoms with Gasteiger partial charge in [0, 0.05) is 12.1 Å². The number of furan rings is 1. The highest BCUT2D eigenvalue weighted by atomic mass is 16.6. The molecular weight excluding hydrogens is 514 g/mol. The highest BCUT2D eigenvalue weighted by Crippen LogP contribution is 2.33. The summed E-state index contributed by atoms with van der Waals surface area (Å²) in [5, 5.41) is 16.5. The molecule has 0 spiro atoms. The molecule has 0 atom stereocenters. The molecule has 0 N–H and O–H groups in total. The Morgan fingerprint density at radius 2 is 1.85 bits per heavy atom. The molecule has 11 nitrogen and oxygen atoms in total. The van der Waals surface area contributed by atoms with Gasteiger partial charge in [-0.2, -0.15) is 9.78 Å². The molecule has 11 heteroatoms. The number of ether oxygens (including phenoxy) is 2. The first kappa shape index (κ1) is 24.5. The van der Waals surface area contributed by atoms with E-state index in [1.807, 2.05) is 12.1 Å². The molecule has 0 aliphatic heterocycles. The lowest BCUT2D eigenvalue weighted by Gasteiger charge is -2.08. The molecular formula is C29H19N5O6. The molecule has 0 unspecified atom stereocenters. The minimum atomic E-state index is -0.534. The lowest BCUT2D eigenvalue weighted by atomic mass is 10.2. The molecule has 0 amide bonds. The van der Waals surface area contributed by atoms with Crippen LogP contribution >= 0.6 is 0 Å². The second kappa shape index (κ2) is 10.1. The van der Waals surface area contributed by atoms with Crippen LogP contribution in [0.15, 0.2) is 105 Å². The number of methoxy groups -OCH3 is 1. The van der Waals surface area contributed by atoms with E-state index >= 15 is 0 Å². The monoisotopic (exact) mass is 533 g/mol. The fourth-order valence-electron chi connectivity index (χ4n) is 4.16. The molecule has 0 aliphatic rings. The van der Waals surface area contributed by atoms with Crippen LogP contribution in [-0.4, -0.2) is 32.9 Å². The number of para-hydroxylation sites is 1. The summed E-state index contributed by atoms with van der Waals surface area (Å²) in [6.45, 7) is 0. The van der Waals surface area contributed by atoms with Crippen LogP contribution in [0.2, 0.25) is 0 Å². The van der Waals surface area contributed by atoms with Crippen LogP contribution in [0.25, 0.3) is 33.5 Å². The van der Waals surface area contributed by atoms with Gasteiger partial charge in [0.05, 0.1) is 34.5 Å². The quantitative estimate of drug-likeness (QED) is 0.143. The van der Waals surface area contributed by atoms with Gasteiger partial charge in [-0.05, 0) is 48.0 Å². The Labute approximate surface area is 225 Å². The van der Waals surface area contributed by atoms with Crippen molar-refractivity contribution in [1.82, 2.24) is 14.6 Å².